The summed E-state index contributed by atoms with van der Waals surface area (Å²) in [6.07, 6.45) is -4.85. The maximum absolute atomic E-state index is 9.96. The second-order valence-corrected chi connectivity index (χ2v) is 5.83. The molecular formula is C16H24O8. The van der Waals surface area contributed by atoms with E-state index in [1.54, 1.807) is 12.1 Å². The standard InChI is InChI=1S/C16H24O8/c17-4-2-1-3-9-5-10(19)7-11(6-9)23-16-15(22)14(21)13(20)12(8-18)24-16/h5-7,12-22H,1-4,8H2/t12-,13-,14+,15-,16-/m1/s1. The van der Waals surface area contributed by atoms with Gasteiger partial charge in [0.1, 0.15) is 35.9 Å². The van der Waals surface area contributed by atoms with Crippen molar-refractivity contribution in [3.63, 3.8) is 0 Å². The summed E-state index contributed by atoms with van der Waals surface area (Å²) in [4.78, 5) is 0. The van der Waals surface area contributed by atoms with Gasteiger partial charge >= 0.3 is 0 Å². The fourth-order valence-electron chi connectivity index (χ4n) is 2.60. The van der Waals surface area contributed by atoms with Crippen LogP contribution >= 0.6 is 0 Å². The molecule has 8 nitrogen and oxygen atoms in total. The second-order valence-electron chi connectivity index (χ2n) is 5.83. The van der Waals surface area contributed by atoms with Crippen molar-refractivity contribution in [1.82, 2.24) is 0 Å². The molecule has 1 saturated heterocycles. The van der Waals surface area contributed by atoms with Gasteiger partial charge in [0.15, 0.2) is 0 Å². The lowest BCUT2D eigenvalue weighted by Gasteiger charge is -2.39. The number of unbranched alkanes of at least 4 members (excludes halogenated alkanes) is 1. The highest BCUT2D eigenvalue weighted by molar-refractivity contribution is 5.37. The predicted molar refractivity (Wildman–Crippen MR) is 82.5 cm³/mol. The minimum atomic E-state index is -1.53. The van der Waals surface area contributed by atoms with Crippen LogP contribution in [0.3, 0.4) is 0 Å². The average molecular weight is 344 g/mol. The molecular weight excluding hydrogens is 320 g/mol. The number of aromatic hydroxyl groups is 1. The summed E-state index contributed by atoms with van der Waals surface area (Å²) in [5.41, 5.74) is 0.781. The summed E-state index contributed by atoms with van der Waals surface area (Å²) in [6.45, 7) is -0.454. The number of phenolic OH excluding ortho intramolecular Hbond substituents is 1. The SMILES string of the molecule is OCCCCc1cc(O)cc(O[C@@H]2O[C@H](CO)[C@@H](O)[C@H](O)[C@H]2O)c1. The Morgan fingerprint density at radius 1 is 0.958 bits per heavy atom. The number of rotatable bonds is 7. The summed E-state index contributed by atoms with van der Waals surface area (Å²) in [5, 5.41) is 57.2. The van der Waals surface area contributed by atoms with Gasteiger partial charge in [0.2, 0.25) is 6.29 Å². The normalized spacial score (nSPS) is 30.3. The van der Waals surface area contributed by atoms with E-state index in [0.29, 0.717) is 12.8 Å². The topological polar surface area (TPSA) is 140 Å². The zero-order valence-corrected chi connectivity index (χ0v) is 13.2. The molecule has 0 aromatic heterocycles. The van der Waals surface area contributed by atoms with E-state index in [0.717, 1.165) is 12.0 Å². The minimum Gasteiger partial charge on any atom is -0.508 e. The molecule has 0 unspecified atom stereocenters. The van der Waals surface area contributed by atoms with E-state index < -0.39 is 37.3 Å². The minimum absolute atomic E-state index is 0.0314. The van der Waals surface area contributed by atoms with Crippen LogP contribution in [-0.4, -0.2) is 74.6 Å². The lowest BCUT2D eigenvalue weighted by molar-refractivity contribution is -0.277. The molecule has 1 aliphatic heterocycles. The molecule has 1 aliphatic rings. The van der Waals surface area contributed by atoms with Crippen LogP contribution in [0.5, 0.6) is 11.5 Å². The Bertz CT molecular complexity index is 521. The van der Waals surface area contributed by atoms with Crippen molar-refractivity contribution >= 4 is 0 Å². The largest absolute Gasteiger partial charge is 0.508 e. The highest BCUT2D eigenvalue weighted by Gasteiger charge is 2.44. The molecule has 136 valence electrons. The van der Waals surface area contributed by atoms with E-state index in [1.807, 2.05) is 0 Å². The number of hydrogen-bond donors (Lipinski definition) is 6. The summed E-state index contributed by atoms with van der Waals surface area (Å²) in [5.74, 6) is 0.189. The highest BCUT2D eigenvalue weighted by Crippen LogP contribution is 2.28. The molecule has 1 heterocycles. The summed E-state index contributed by atoms with van der Waals surface area (Å²) in [6, 6.07) is 4.55. The molecule has 6 N–H and O–H groups in total. The van der Waals surface area contributed by atoms with Gasteiger partial charge < -0.3 is 40.1 Å². The molecule has 0 spiro atoms. The number of ether oxygens (including phenoxy) is 2. The van der Waals surface area contributed by atoms with Gasteiger partial charge in [0, 0.05) is 12.7 Å². The maximum atomic E-state index is 9.96. The fraction of sp³-hybridized carbons (Fsp3) is 0.625. The fourth-order valence-corrected chi connectivity index (χ4v) is 2.60. The Morgan fingerprint density at radius 2 is 1.71 bits per heavy atom. The number of phenols is 1. The first-order valence-corrected chi connectivity index (χ1v) is 7.87. The number of aliphatic hydroxyl groups is 5. The van der Waals surface area contributed by atoms with Crippen molar-refractivity contribution in [2.75, 3.05) is 13.2 Å². The molecule has 24 heavy (non-hydrogen) atoms. The van der Waals surface area contributed by atoms with Gasteiger partial charge in [-0.1, -0.05) is 0 Å². The monoisotopic (exact) mass is 344 g/mol. The summed E-state index contributed by atoms with van der Waals surface area (Å²) < 4.78 is 10.7. The zero-order valence-electron chi connectivity index (χ0n) is 13.2. The summed E-state index contributed by atoms with van der Waals surface area (Å²) in [7, 11) is 0. The molecule has 2 rings (SSSR count). The molecule has 8 heteroatoms. The Hall–Kier alpha value is -1.42. The molecule has 0 aliphatic carbocycles. The molecule has 1 fully saturated rings. The van der Waals surface area contributed by atoms with Crippen LogP contribution in [0.2, 0.25) is 0 Å². The molecule has 0 saturated carbocycles. The average Bonchev–Trinajstić information content (AvgIpc) is 2.55. The number of aryl methyl sites for hydroxylation is 1. The van der Waals surface area contributed by atoms with Crippen LogP contribution in [-0.2, 0) is 11.2 Å². The molecule has 1 aromatic carbocycles. The second kappa shape index (κ2) is 8.61. The third-order valence-corrected chi connectivity index (χ3v) is 3.93. The maximum Gasteiger partial charge on any atom is 0.229 e. The van der Waals surface area contributed by atoms with E-state index in [1.165, 1.54) is 6.07 Å². The molecule has 1 aromatic rings. The van der Waals surface area contributed by atoms with Crippen LogP contribution in [0.1, 0.15) is 18.4 Å². The van der Waals surface area contributed by atoms with Gasteiger partial charge in [0.25, 0.3) is 0 Å². The van der Waals surface area contributed by atoms with E-state index in [2.05, 4.69) is 0 Å². The van der Waals surface area contributed by atoms with Crippen LogP contribution in [0, 0.1) is 0 Å². The van der Waals surface area contributed by atoms with E-state index in [9.17, 15) is 20.4 Å². The number of hydrogen-bond acceptors (Lipinski definition) is 8. The zero-order chi connectivity index (χ0) is 17.7. The summed E-state index contributed by atoms with van der Waals surface area (Å²) >= 11 is 0. The van der Waals surface area contributed by atoms with Crippen molar-refractivity contribution < 1.29 is 40.1 Å². The first-order valence-electron chi connectivity index (χ1n) is 7.87. The Labute approximate surface area is 139 Å². The molecule has 0 bridgehead atoms. The van der Waals surface area contributed by atoms with Crippen LogP contribution in [0.25, 0.3) is 0 Å². The van der Waals surface area contributed by atoms with Crippen molar-refractivity contribution in [1.29, 1.82) is 0 Å². The van der Waals surface area contributed by atoms with Crippen LogP contribution in [0.4, 0.5) is 0 Å². The van der Waals surface area contributed by atoms with Gasteiger partial charge in [-0.3, -0.25) is 0 Å². The molecule has 5 atom stereocenters. The van der Waals surface area contributed by atoms with Gasteiger partial charge in [-0.2, -0.15) is 0 Å². The van der Waals surface area contributed by atoms with E-state index in [-0.39, 0.29) is 18.1 Å². The van der Waals surface area contributed by atoms with E-state index >= 15 is 0 Å². The first kappa shape index (κ1) is 18.9. The van der Waals surface area contributed by atoms with Crippen molar-refractivity contribution in [2.45, 2.75) is 50.0 Å². The van der Waals surface area contributed by atoms with E-state index in [4.69, 9.17) is 19.7 Å². The van der Waals surface area contributed by atoms with Gasteiger partial charge in [-0.15, -0.1) is 0 Å². The van der Waals surface area contributed by atoms with Crippen molar-refractivity contribution in [2.24, 2.45) is 0 Å². The van der Waals surface area contributed by atoms with Crippen LogP contribution < -0.4 is 4.74 Å². The molecule has 0 radical (unpaired) electrons. The number of aliphatic hydroxyl groups excluding tert-OH is 5. The Morgan fingerprint density at radius 3 is 2.38 bits per heavy atom. The van der Waals surface area contributed by atoms with Gasteiger partial charge in [0.05, 0.1) is 6.61 Å². The predicted octanol–water partition coefficient (Wildman–Crippen LogP) is -1.11. The van der Waals surface area contributed by atoms with Crippen LogP contribution in [0.15, 0.2) is 18.2 Å². The quantitative estimate of drug-likeness (QED) is 0.342. The Kier molecular flexibility index (Phi) is 6.79. The van der Waals surface area contributed by atoms with Gasteiger partial charge in [-0.05, 0) is 37.0 Å². The lowest BCUT2D eigenvalue weighted by atomic mass is 9.99. The number of benzene rings is 1. The smallest absolute Gasteiger partial charge is 0.229 e. The molecule has 0 amide bonds. The highest BCUT2D eigenvalue weighted by atomic mass is 16.7. The van der Waals surface area contributed by atoms with Gasteiger partial charge in [-0.25, -0.2) is 0 Å². The first-order chi connectivity index (χ1) is 11.5. The lowest BCUT2D eigenvalue weighted by Crippen LogP contribution is -2.60. The third-order valence-electron chi connectivity index (χ3n) is 3.93. The third kappa shape index (κ3) is 4.56. The van der Waals surface area contributed by atoms with Crippen molar-refractivity contribution in [3.05, 3.63) is 23.8 Å². The van der Waals surface area contributed by atoms with Crippen molar-refractivity contribution in [3.8, 4) is 11.5 Å². The Balaban J connectivity index is 2.08.